The van der Waals surface area contributed by atoms with Crippen molar-refractivity contribution in [1.82, 2.24) is 34.5 Å². The van der Waals surface area contributed by atoms with Crippen LogP contribution in [-0.2, 0) is 13.1 Å². The molecule has 194 valence electrons. The molecule has 7 rings (SSSR count). The molecule has 3 fully saturated rings. The van der Waals surface area contributed by atoms with Gasteiger partial charge in [-0.25, -0.2) is 9.97 Å². The topological polar surface area (TPSA) is 69.5 Å². The summed E-state index contributed by atoms with van der Waals surface area (Å²) in [5, 5.41) is 9.73. The van der Waals surface area contributed by atoms with E-state index in [0.29, 0.717) is 31.2 Å². The number of aromatic nitrogens is 5. The fraction of sp³-hybridized carbons (Fsp3) is 0.500. The van der Waals surface area contributed by atoms with Crippen LogP contribution in [-0.4, -0.2) is 92.6 Å². The van der Waals surface area contributed by atoms with Gasteiger partial charge in [0.05, 0.1) is 18.8 Å². The zero-order chi connectivity index (χ0) is 25.4. The number of fused-ring (bicyclic) bond motifs is 3. The molecule has 3 saturated heterocycles. The maximum absolute atomic E-state index is 12.8. The molecule has 0 radical (unpaired) electrons. The third-order valence-corrected chi connectivity index (χ3v) is 8.03. The lowest BCUT2D eigenvalue weighted by atomic mass is 9.73. The van der Waals surface area contributed by atoms with E-state index < -0.39 is 12.7 Å². The van der Waals surface area contributed by atoms with E-state index >= 15 is 0 Å². The number of anilines is 2. The number of hydrogen-bond acceptors (Lipinski definition) is 8. The Morgan fingerprint density at radius 2 is 1.70 bits per heavy atom. The molecule has 0 bridgehead atoms. The van der Waals surface area contributed by atoms with Gasteiger partial charge >= 0.3 is 6.18 Å². The van der Waals surface area contributed by atoms with Gasteiger partial charge in [-0.2, -0.15) is 13.2 Å². The lowest BCUT2D eigenvalue weighted by Crippen LogP contribution is -2.73. The van der Waals surface area contributed by atoms with Crippen LogP contribution < -0.4 is 9.80 Å². The molecule has 0 N–H and O–H groups in total. The van der Waals surface area contributed by atoms with E-state index in [1.54, 1.807) is 12.4 Å². The normalized spacial score (nSPS) is 21.6. The summed E-state index contributed by atoms with van der Waals surface area (Å²) in [6.07, 6.45) is -0.661. The van der Waals surface area contributed by atoms with E-state index in [9.17, 15) is 13.2 Å². The Hall–Kier alpha value is -2.96. The number of rotatable bonds is 4. The second kappa shape index (κ2) is 8.27. The zero-order valence-electron chi connectivity index (χ0n) is 19.9. The average Bonchev–Trinajstić information content (AvgIpc) is 3.09. The van der Waals surface area contributed by atoms with Crippen LogP contribution in [0.1, 0.15) is 11.4 Å². The predicted octanol–water partition coefficient (Wildman–Crippen LogP) is 2.60. The molecule has 0 saturated carbocycles. The van der Waals surface area contributed by atoms with Gasteiger partial charge in [0.1, 0.15) is 0 Å². The first-order valence-corrected chi connectivity index (χ1v) is 12.7. The van der Waals surface area contributed by atoms with Crippen molar-refractivity contribution in [3.8, 4) is 5.69 Å². The Kier molecular flexibility index (Phi) is 5.18. The van der Waals surface area contributed by atoms with Crippen LogP contribution in [0.4, 0.5) is 25.1 Å². The molecule has 37 heavy (non-hydrogen) atoms. The minimum Gasteiger partial charge on any atom is -0.339 e. The molecule has 0 aliphatic carbocycles. The first-order valence-electron chi connectivity index (χ1n) is 12.3. The highest BCUT2D eigenvalue weighted by molar-refractivity contribution is 6.30. The molecule has 0 unspecified atom stereocenters. The molecule has 6 heterocycles. The Labute approximate surface area is 216 Å². The third kappa shape index (κ3) is 4.11. The van der Waals surface area contributed by atoms with Gasteiger partial charge in [0.25, 0.3) is 0 Å². The van der Waals surface area contributed by atoms with Gasteiger partial charge in [-0.05, 0) is 29.8 Å². The smallest absolute Gasteiger partial charge is 0.339 e. The quantitative estimate of drug-likeness (QED) is 0.509. The molecule has 1 aromatic carbocycles. The molecule has 2 aromatic heterocycles. The Balaban J connectivity index is 1.10. The molecule has 4 aliphatic rings. The van der Waals surface area contributed by atoms with Crippen LogP contribution in [0.15, 0.2) is 36.7 Å². The molecule has 0 amide bonds. The minimum absolute atomic E-state index is 0.0225. The SMILES string of the molecule is FC(F)(F)CN1CC(N2Cc3cc(Cl)ccc3-n3c(nnc3N3CC4(CN(c5ncccn5)C4)C3)C2)C1. The van der Waals surface area contributed by atoms with Crippen molar-refractivity contribution in [1.29, 1.82) is 0 Å². The highest BCUT2D eigenvalue weighted by atomic mass is 35.5. The van der Waals surface area contributed by atoms with E-state index in [0.717, 1.165) is 55.2 Å². The summed E-state index contributed by atoms with van der Waals surface area (Å²) in [5.74, 6) is 2.35. The first kappa shape index (κ1) is 23.2. The molecule has 1 spiro atoms. The molecular weight excluding hydrogens is 507 g/mol. The number of benzene rings is 1. The Bertz CT molecular complexity index is 1310. The number of likely N-dealkylation sites (tertiary alicyclic amines) is 1. The summed E-state index contributed by atoms with van der Waals surface area (Å²) < 4.78 is 40.5. The van der Waals surface area contributed by atoms with E-state index in [1.165, 1.54) is 4.90 Å². The van der Waals surface area contributed by atoms with Crippen molar-refractivity contribution in [3.05, 3.63) is 53.1 Å². The van der Waals surface area contributed by atoms with Crippen molar-refractivity contribution in [2.45, 2.75) is 25.3 Å². The second-order valence-electron chi connectivity index (χ2n) is 10.7. The fourth-order valence-electron chi connectivity index (χ4n) is 6.09. The fourth-order valence-corrected chi connectivity index (χ4v) is 6.29. The van der Waals surface area contributed by atoms with Crippen LogP contribution >= 0.6 is 11.6 Å². The zero-order valence-corrected chi connectivity index (χ0v) is 20.7. The van der Waals surface area contributed by atoms with Crippen LogP contribution in [0.2, 0.25) is 5.02 Å². The van der Waals surface area contributed by atoms with Crippen molar-refractivity contribution in [2.75, 3.05) is 55.6 Å². The average molecular weight is 532 g/mol. The standard InChI is InChI=1S/C24H25ClF3N9/c25-17-2-3-19-16(6-17)7-34(18-8-33(9-18)15-24(26,27)28)10-20-31-32-22(37(19)20)36-13-23(14-36)11-35(12-23)21-29-4-1-5-30-21/h1-6,18H,7-15H2. The number of halogens is 4. The molecule has 3 aromatic rings. The van der Waals surface area contributed by atoms with Crippen LogP contribution in [0.5, 0.6) is 0 Å². The van der Waals surface area contributed by atoms with Gasteiger partial charge < -0.3 is 9.80 Å². The Morgan fingerprint density at radius 1 is 0.973 bits per heavy atom. The molecule has 0 atom stereocenters. The van der Waals surface area contributed by atoms with E-state index in [2.05, 4.69) is 39.4 Å². The number of nitrogens with zero attached hydrogens (tertiary/aromatic N) is 9. The van der Waals surface area contributed by atoms with Gasteiger partial charge in [0.15, 0.2) is 5.82 Å². The van der Waals surface area contributed by atoms with Gasteiger partial charge in [-0.1, -0.05) is 11.6 Å². The Morgan fingerprint density at radius 3 is 2.43 bits per heavy atom. The van der Waals surface area contributed by atoms with Crippen LogP contribution in [0, 0.1) is 5.41 Å². The summed E-state index contributed by atoms with van der Waals surface area (Å²) >= 11 is 6.35. The second-order valence-corrected chi connectivity index (χ2v) is 11.1. The summed E-state index contributed by atoms with van der Waals surface area (Å²) in [6.45, 7) is 4.56. The number of hydrogen-bond donors (Lipinski definition) is 0. The monoisotopic (exact) mass is 531 g/mol. The van der Waals surface area contributed by atoms with E-state index in [4.69, 9.17) is 11.6 Å². The van der Waals surface area contributed by atoms with Crippen molar-refractivity contribution >= 4 is 23.5 Å². The maximum Gasteiger partial charge on any atom is 0.401 e. The lowest BCUT2D eigenvalue weighted by Gasteiger charge is -2.60. The van der Waals surface area contributed by atoms with Gasteiger partial charge in [0, 0.05) is 74.7 Å². The number of alkyl halides is 3. The van der Waals surface area contributed by atoms with Gasteiger partial charge in [-0.15, -0.1) is 10.2 Å². The summed E-state index contributed by atoms with van der Waals surface area (Å²) in [7, 11) is 0. The van der Waals surface area contributed by atoms with Gasteiger partial charge in [-0.3, -0.25) is 14.4 Å². The third-order valence-electron chi connectivity index (χ3n) is 7.79. The molecule has 9 nitrogen and oxygen atoms in total. The lowest BCUT2D eigenvalue weighted by molar-refractivity contribution is -0.161. The molecular formula is C24H25ClF3N9. The summed E-state index contributed by atoms with van der Waals surface area (Å²) in [5.41, 5.74) is 2.19. The van der Waals surface area contributed by atoms with Crippen LogP contribution in [0.25, 0.3) is 5.69 Å². The van der Waals surface area contributed by atoms with E-state index in [1.807, 2.05) is 24.3 Å². The highest BCUT2D eigenvalue weighted by Crippen LogP contribution is 2.43. The molecule has 4 aliphatic heterocycles. The summed E-state index contributed by atoms with van der Waals surface area (Å²) in [6, 6.07) is 7.63. The minimum atomic E-state index is -4.18. The van der Waals surface area contributed by atoms with Crippen LogP contribution in [0.3, 0.4) is 0 Å². The maximum atomic E-state index is 12.8. The molecule has 13 heteroatoms. The van der Waals surface area contributed by atoms with Crippen molar-refractivity contribution in [3.63, 3.8) is 0 Å². The largest absolute Gasteiger partial charge is 0.401 e. The predicted molar refractivity (Wildman–Crippen MR) is 131 cm³/mol. The van der Waals surface area contributed by atoms with Gasteiger partial charge in [0.2, 0.25) is 11.9 Å². The summed E-state index contributed by atoms with van der Waals surface area (Å²) in [4.78, 5) is 16.8. The highest BCUT2D eigenvalue weighted by Gasteiger charge is 2.54. The first-order chi connectivity index (χ1) is 17.8. The van der Waals surface area contributed by atoms with E-state index in [-0.39, 0.29) is 11.5 Å². The van der Waals surface area contributed by atoms with Crippen molar-refractivity contribution < 1.29 is 13.2 Å². The van der Waals surface area contributed by atoms with Crippen molar-refractivity contribution in [2.24, 2.45) is 5.41 Å².